The van der Waals surface area contributed by atoms with Gasteiger partial charge in [0.05, 0.1) is 7.11 Å². The highest BCUT2D eigenvalue weighted by Gasteiger charge is 2.39. The maximum absolute atomic E-state index is 12.9. The van der Waals surface area contributed by atoms with Crippen molar-refractivity contribution in [2.45, 2.75) is 52.7 Å². The molecule has 2 heterocycles. The Labute approximate surface area is 180 Å². The number of ether oxygens (including phenoxy) is 2. The Bertz CT molecular complexity index is 900. The lowest BCUT2D eigenvalue weighted by Gasteiger charge is -2.44. The standard InChI is InChI=1S/C26H33NO3/c1-26(2,3)15-20-16-27-11-10-19-12-25(30-17-18-8-6-5-7-9-18)24(29-4)13-21(19)22(27)14-23(20)28/h5-9,12-13,20,22H,10-11,14-17H2,1-4H3. The van der Waals surface area contributed by atoms with Gasteiger partial charge in [0.1, 0.15) is 12.4 Å². The van der Waals surface area contributed by atoms with Crippen LogP contribution in [-0.4, -0.2) is 30.9 Å². The molecule has 2 unspecified atom stereocenters. The lowest BCUT2D eigenvalue weighted by Crippen LogP contribution is -2.47. The van der Waals surface area contributed by atoms with Crippen molar-refractivity contribution < 1.29 is 14.3 Å². The lowest BCUT2D eigenvalue weighted by molar-refractivity contribution is -0.130. The average molecular weight is 408 g/mol. The molecule has 1 saturated heterocycles. The molecule has 0 spiro atoms. The van der Waals surface area contributed by atoms with E-state index in [4.69, 9.17) is 9.47 Å². The summed E-state index contributed by atoms with van der Waals surface area (Å²) >= 11 is 0. The molecule has 0 aliphatic carbocycles. The zero-order chi connectivity index (χ0) is 21.3. The number of hydrogen-bond donors (Lipinski definition) is 0. The third-order valence-electron chi connectivity index (χ3n) is 6.29. The van der Waals surface area contributed by atoms with Gasteiger partial charge in [-0.3, -0.25) is 9.69 Å². The Morgan fingerprint density at radius 3 is 2.57 bits per heavy atom. The summed E-state index contributed by atoms with van der Waals surface area (Å²) in [6.07, 6.45) is 2.53. The minimum Gasteiger partial charge on any atom is -0.493 e. The summed E-state index contributed by atoms with van der Waals surface area (Å²) in [6, 6.07) is 14.6. The summed E-state index contributed by atoms with van der Waals surface area (Å²) in [7, 11) is 1.68. The summed E-state index contributed by atoms with van der Waals surface area (Å²) in [4.78, 5) is 15.4. The first kappa shape index (κ1) is 20.9. The van der Waals surface area contributed by atoms with Crippen molar-refractivity contribution in [2.24, 2.45) is 11.3 Å². The van der Waals surface area contributed by atoms with Gasteiger partial charge in [-0.1, -0.05) is 51.1 Å². The van der Waals surface area contributed by atoms with Crippen LogP contribution in [0.25, 0.3) is 0 Å². The van der Waals surface area contributed by atoms with E-state index in [-0.39, 0.29) is 17.4 Å². The number of piperidine rings is 1. The van der Waals surface area contributed by atoms with Crippen LogP contribution in [0.15, 0.2) is 42.5 Å². The Morgan fingerprint density at radius 1 is 1.10 bits per heavy atom. The highest BCUT2D eigenvalue weighted by Crippen LogP contribution is 2.43. The fourth-order valence-corrected chi connectivity index (χ4v) is 4.89. The number of carbonyl (C=O) groups excluding carboxylic acids is 1. The van der Waals surface area contributed by atoms with Crippen LogP contribution in [0.2, 0.25) is 0 Å². The zero-order valence-electron chi connectivity index (χ0n) is 18.6. The second kappa shape index (κ2) is 8.43. The number of Topliss-reactive ketones (excluding diaryl/α,β-unsaturated/α-hetero) is 1. The first-order chi connectivity index (χ1) is 14.3. The maximum atomic E-state index is 12.9. The lowest BCUT2D eigenvalue weighted by atomic mass is 9.76. The van der Waals surface area contributed by atoms with Gasteiger partial charge in [0.25, 0.3) is 0 Å². The summed E-state index contributed by atoms with van der Waals surface area (Å²) in [5.41, 5.74) is 3.82. The molecule has 30 heavy (non-hydrogen) atoms. The largest absolute Gasteiger partial charge is 0.493 e. The first-order valence-electron chi connectivity index (χ1n) is 11.0. The molecule has 2 aliphatic heterocycles. The number of hydrogen-bond acceptors (Lipinski definition) is 4. The van der Waals surface area contributed by atoms with Crippen molar-refractivity contribution in [1.82, 2.24) is 4.90 Å². The quantitative estimate of drug-likeness (QED) is 0.683. The minimum absolute atomic E-state index is 0.151. The molecule has 0 radical (unpaired) electrons. The maximum Gasteiger partial charge on any atom is 0.161 e. The number of carbonyl (C=O) groups is 1. The first-order valence-corrected chi connectivity index (χ1v) is 11.0. The molecular formula is C26H33NO3. The molecule has 0 aromatic heterocycles. The fourth-order valence-electron chi connectivity index (χ4n) is 4.89. The second-order valence-corrected chi connectivity index (χ2v) is 9.87. The Morgan fingerprint density at radius 2 is 1.87 bits per heavy atom. The number of fused-ring (bicyclic) bond motifs is 3. The van der Waals surface area contributed by atoms with Crippen molar-refractivity contribution in [2.75, 3.05) is 20.2 Å². The molecule has 2 aliphatic rings. The summed E-state index contributed by atoms with van der Waals surface area (Å²) in [5, 5.41) is 0. The van der Waals surface area contributed by atoms with Crippen LogP contribution < -0.4 is 9.47 Å². The van der Waals surface area contributed by atoms with Gasteiger partial charge in [-0.05, 0) is 47.1 Å². The monoisotopic (exact) mass is 407 g/mol. The van der Waals surface area contributed by atoms with Crippen LogP contribution in [0.3, 0.4) is 0 Å². The van der Waals surface area contributed by atoms with E-state index in [1.54, 1.807) is 7.11 Å². The number of rotatable bonds is 5. The topological polar surface area (TPSA) is 38.8 Å². The SMILES string of the molecule is COc1cc2c(cc1OCc1ccccc1)CCN1CC(CC(C)(C)C)C(=O)CC21. The highest BCUT2D eigenvalue weighted by atomic mass is 16.5. The average Bonchev–Trinajstić information content (AvgIpc) is 2.72. The Hall–Kier alpha value is -2.33. The van der Waals surface area contributed by atoms with E-state index in [0.29, 0.717) is 18.8 Å². The minimum atomic E-state index is 0.151. The Kier molecular flexibility index (Phi) is 5.88. The van der Waals surface area contributed by atoms with E-state index < -0.39 is 0 Å². The molecule has 4 heteroatoms. The molecule has 1 fully saturated rings. The van der Waals surface area contributed by atoms with Crippen LogP contribution in [0.5, 0.6) is 11.5 Å². The van der Waals surface area contributed by atoms with Crippen LogP contribution in [-0.2, 0) is 17.8 Å². The molecule has 0 N–H and O–H groups in total. The van der Waals surface area contributed by atoms with Crippen molar-refractivity contribution in [3.05, 3.63) is 59.2 Å². The molecule has 0 saturated carbocycles. The van der Waals surface area contributed by atoms with E-state index >= 15 is 0 Å². The van der Waals surface area contributed by atoms with Crippen LogP contribution in [0.1, 0.15) is 56.3 Å². The molecule has 2 aromatic carbocycles. The predicted octanol–water partition coefficient (Wildman–Crippen LogP) is 5.20. The van der Waals surface area contributed by atoms with Gasteiger partial charge in [0.15, 0.2) is 11.5 Å². The van der Waals surface area contributed by atoms with Gasteiger partial charge in [-0.15, -0.1) is 0 Å². The van der Waals surface area contributed by atoms with E-state index in [0.717, 1.165) is 43.0 Å². The fraction of sp³-hybridized carbons (Fsp3) is 0.500. The van der Waals surface area contributed by atoms with Crippen LogP contribution >= 0.6 is 0 Å². The van der Waals surface area contributed by atoms with E-state index in [1.807, 2.05) is 18.2 Å². The number of ketones is 1. The van der Waals surface area contributed by atoms with Gasteiger partial charge in [0, 0.05) is 31.5 Å². The Balaban J connectivity index is 1.54. The van der Waals surface area contributed by atoms with Gasteiger partial charge < -0.3 is 9.47 Å². The predicted molar refractivity (Wildman–Crippen MR) is 119 cm³/mol. The van der Waals surface area contributed by atoms with Crippen LogP contribution in [0.4, 0.5) is 0 Å². The third kappa shape index (κ3) is 4.54. The van der Waals surface area contributed by atoms with Gasteiger partial charge in [0.2, 0.25) is 0 Å². The van der Waals surface area contributed by atoms with Crippen LogP contribution in [0, 0.1) is 11.3 Å². The van der Waals surface area contributed by atoms with Gasteiger partial charge in [-0.25, -0.2) is 0 Å². The van der Waals surface area contributed by atoms with Crippen molar-refractivity contribution in [3.8, 4) is 11.5 Å². The number of benzene rings is 2. The van der Waals surface area contributed by atoms with Crippen molar-refractivity contribution >= 4 is 5.78 Å². The molecule has 4 nitrogen and oxygen atoms in total. The normalized spacial score (nSPS) is 21.7. The molecule has 4 rings (SSSR count). The molecule has 0 amide bonds. The molecular weight excluding hydrogens is 374 g/mol. The van der Waals surface area contributed by atoms with Crippen molar-refractivity contribution in [3.63, 3.8) is 0 Å². The van der Waals surface area contributed by atoms with Crippen molar-refractivity contribution in [1.29, 1.82) is 0 Å². The third-order valence-corrected chi connectivity index (χ3v) is 6.29. The summed E-state index contributed by atoms with van der Waals surface area (Å²) in [5.74, 6) is 2.08. The molecule has 2 aromatic rings. The smallest absolute Gasteiger partial charge is 0.161 e. The van der Waals surface area contributed by atoms with E-state index in [1.165, 1.54) is 11.1 Å². The van der Waals surface area contributed by atoms with Gasteiger partial charge in [-0.2, -0.15) is 0 Å². The summed E-state index contributed by atoms with van der Waals surface area (Å²) < 4.78 is 11.8. The van der Waals surface area contributed by atoms with Gasteiger partial charge >= 0.3 is 0 Å². The summed E-state index contributed by atoms with van der Waals surface area (Å²) in [6.45, 7) is 9.04. The number of nitrogens with zero attached hydrogens (tertiary/aromatic N) is 1. The molecule has 0 bridgehead atoms. The van der Waals surface area contributed by atoms with E-state index in [2.05, 4.69) is 49.9 Å². The second-order valence-electron chi connectivity index (χ2n) is 9.87. The number of methoxy groups -OCH3 is 1. The molecule has 2 atom stereocenters. The molecule has 160 valence electrons. The zero-order valence-corrected chi connectivity index (χ0v) is 18.6. The van der Waals surface area contributed by atoms with E-state index in [9.17, 15) is 4.79 Å². The highest BCUT2D eigenvalue weighted by molar-refractivity contribution is 5.83.